The van der Waals surface area contributed by atoms with Crippen LogP contribution in [-0.4, -0.2) is 42.1 Å². The standard InChI is InChI=1S/C22H18BrN7OS/c1-15(16-6-10-24-11-7-16)26-27-20(31)14-32-22-29-28-21(17-8-12-25-13-9-17)30(22)19-4-2-18(23)3-5-19/h2-13H,14H2,1H3,(H,27,31). The highest BCUT2D eigenvalue weighted by atomic mass is 79.9. The molecule has 8 nitrogen and oxygen atoms in total. The number of hydrazone groups is 1. The van der Waals surface area contributed by atoms with Crippen molar-refractivity contribution in [2.24, 2.45) is 5.10 Å². The van der Waals surface area contributed by atoms with Crippen molar-refractivity contribution < 1.29 is 4.79 Å². The molecule has 1 aromatic carbocycles. The number of pyridine rings is 2. The summed E-state index contributed by atoms with van der Waals surface area (Å²) in [4.78, 5) is 20.4. The van der Waals surface area contributed by atoms with Crippen LogP contribution in [0, 0.1) is 0 Å². The van der Waals surface area contributed by atoms with E-state index in [9.17, 15) is 4.79 Å². The van der Waals surface area contributed by atoms with Gasteiger partial charge in [-0.2, -0.15) is 5.10 Å². The maximum absolute atomic E-state index is 12.4. The molecule has 1 amide bonds. The van der Waals surface area contributed by atoms with E-state index in [2.05, 4.69) is 46.6 Å². The molecule has 0 saturated carbocycles. The molecule has 0 saturated heterocycles. The number of rotatable bonds is 7. The van der Waals surface area contributed by atoms with Gasteiger partial charge < -0.3 is 0 Å². The van der Waals surface area contributed by atoms with Gasteiger partial charge in [0.2, 0.25) is 0 Å². The first-order valence-corrected chi connectivity index (χ1v) is 11.4. The van der Waals surface area contributed by atoms with Crippen molar-refractivity contribution in [3.05, 3.63) is 83.4 Å². The van der Waals surface area contributed by atoms with Gasteiger partial charge in [-0.3, -0.25) is 19.3 Å². The van der Waals surface area contributed by atoms with Gasteiger partial charge >= 0.3 is 0 Å². The van der Waals surface area contributed by atoms with E-state index in [1.807, 2.05) is 60.0 Å². The molecule has 0 unspecified atom stereocenters. The van der Waals surface area contributed by atoms with Crippen LogP contribution in [0.3, 0.4) is 0 Å². The Kier molecular flexibility index (Phi) is 7.03. The molecule has 0 atom stereocenters. The molecule has 1 N–H and O–H groups in total. The summed E-state index contributed by atoms with van der Waals surface area (Å²) in [6.07, 6.45) is 6.78. The fourth-order valence-electron chi connectivity index (χ4n) is 2.84. The minimum Gasteiger partial charge on any atom is -0.272 e. The Labute approximate surface area is 197 Å². The molecule has 4 aromatic rings. The third-order valence-electron chi connectivity index (χ3n) is 4.44. The second-order valence-electron chi connectivity index (χ2n) is 6.61. The Balaban J connectivity index is 1.53. The molecule has 4 rings (SSSR count). The van der Waals surface area contributed by atoms with E-state index < -0.39 is 0 Å². The van der Waals surface area contributed by atoms with Gasteiger partial charge in [-0.15, -0.1) is 10.2 Å². The molecule has 0 aliphatic rings. The van der Waals surface area contributed by atoms with E-state index in [4.69, 9.17) is 0 Å². The highest BCUT2D eigenvalue weighted by Crippen LogP contribution is 2.28. The summed E-state index contributed by atoms with van der Waals surface area (Å²) in [5, 5.41) is 13.5. The minimum absolute atomic E-state index is 0.137. The van der Waals surface area contributed by atoms with E-state index in [0.717, 1.165) is 21.3 Å². The Morgan fingerprint density at radius 2 is 1.66 bits per heavy atom. The quantitative estimate of drug-likeness (QED) is 0.229. The van der Waals surface area contributed by atoms with Gasteiger partial charge in [0.05, 0.1) is 11.5 Å². The number of carbonyl (C=O) groups excluding carboxylic acids is 1. The van der Waals surface area contributed by atoms with Gasteiger partial charge in [0, 0.05) is 46.1 Å². The van der Waals surface area contributed by atoms with E-state index >= 15 is 0 Å². The average molecular weight is 508 g/mol. The Hall–Kier alpha value is -3.37. The SMILES string of the molecule is CC(=NNC(=O)CSc1nnc(-c2ccncc2)n1-c1ccc(Br)cc1)c1ccncc1. The summed E-state index contributed by atoms with van der Waals surface area (Å²) in [6, 6.07) is 15.2. The van der Waals surface area contributed by atoms with E-state index in [1.54, 1.807) is 24.8 Å². The van der Waals surface area contributed by atoms with E-state index in [-0.39, 0.29) is 11.7 Å². The lowest BCUT2D eigenvalue weighted by Crippen LogP contribution is -2.21. The molecule has 32 heavy (non-hydrogen) atoms. The van der Waals surface area contributed by atoms with E-state index in [0.29, 0.717) is 16.7 Å². The van der Waals surface area contributed by atoms with Crippen LogP contribution >= 0.6 is 27.7 Å². The monoisotopic (exact) mass is 507 g/mol. The maximum atomic E-state index is 12.4. The molecule has 0 bridgehead atoms. The largest absolute Gasteiger partial charge is 0.272 e. The van der Waals surface area contributed by atoms with Gasteiger partial charge in [0.25, 0.3) is 5.91 Å². The van der Waals surface area contributed by atoms with Crippen LogP contribution in [0.5, 0.6) is 0 Å². The summed E-state index contributed by atoms with van der Waals surface area (Å²) in [6.45, 7) is 1.83. The Bertz CT molecular complexity index is 1230. The van der Waals surface area contributed by atoms with Crippen molar-refractivity contribution in [3.8, 4) is 17.1 Å². The van der Waals surface area contributed by atoms with Crippen LogP contribution in [0.4, 0.5) is 0 Å². The number of amides is 1. The fraction of sp³-hybridized carbons (Fsp3) is 0.0909. The molecule has 0 aliphatic heterocycles. The number of carbonyl (C=O) groups is 1. The molecule has 0 spiro atoms. The summed E-state index contributed by atoms with van der Waals surface area (Å²) < 4.78 is 2.89. The van der Waals surface area contributed by atoms with Gasteiger partial charge in [0.1, 0.15) is 0 Å². The number of hydrogen-bond acceptors (Lipinski definition) is 7. The lowest BCUT2D eigenvalue weighted by Gasteiger charge is -2.10. The number of benzene rings is 1. The first-order valence-electron chi connectivity index (χ1n) is 9.60. The molecule has 3 heterocycles. The summed E-state index contributed by atoms with van der Waals surface area (Å²) in [7, 11) is 0. The third-order valence-corrected chi connectivity index (χ3v) is 5.89. The second-order valence-corrected chi connectivity index (χ2v) is 8.47. The van der Waals surface area contributed by atoms with Crippen LogP contribution in [0.25, 0.3) is 17.1 Å². The second kappa shape index (κ2) is 10.3. The van der Waals surface area contributed by atoms with Gasteiger partial charge in [-0.05, 0) is 55.5 Å². The number of nitrogens with one attached hydrogen (secondary N) is 1. The normalized spacial score (nSPS) is 11.4. The van der Waals surface area contributed by atoms with Crippen LogP contribution in [0.1, 0.15) is 12.5 Å². The van der Waals surface area contributed by atoms with Crippen molar-refractivity contribution in [2.45, 2.75) is 12.1 Å². The van der Waals surface area contributed by atoms with Crippen molar-refractivity contribution in [2.75, 3.05) is 5.75 Å². The van der Waals surface area contributed by atoms with Gasteiger partial charge in [-0.25, -0.2) is 5.43 Å². The first-order chi connectivity index (χ1) is 15.6. The lowest BCUT2D eigenvalue weighted by molar-refractivity contribution is -0.118. The highest BCUT2D eigenvalue weighted by molar-refractivity contribution is 9.10. The number of thioether (sulfide) groups is 1. The van der Waals surface area contributed by atoms with Crippen molar-refractivity contribution >= 4 is 39.3 Å². The molecule has 0 aliphatic carbocycles. The summed E-state index contributed by atoms with van der Waals surface area (Å²) in [5.41, 5.74) is 5.95. The van der Waals surface area contributed by atoms with Crippen molar-refractivity contribution in [1.82, 2.24) is 30.2 Å². The molecule has 0 fully saturated rings. The zero-order chi connectivity index (χ0) is 22.3. The maximum Gasteiger partial charge on any atom is 0.250 e. The summed E-state index contributed by atoms with van der Waals surface area (Å²) >= 11 is 4.75. The predicted octanol–water partition coefficient (Wildman–Crippen LogP) is 4.12. The number of aromatic nitrogens is 5. The van der Waals surface area contributed by atoms with Crippen LogP contribution in [-0.2, 0) is 4.79 Å². The summed E-state index contributed by atoms with van der Waals surface area (Å²) in [5.74, 6) is 0.571. The Morgan fingerprint density at radius 1 is 1.00 bits per heavy atom. The van der Waals surface area contributed by atoms with Gasteiger partial charge in [-0.1, -0.05) is 27.7 Å². The number of halogens is 1. The zero-order valence-electron chi connectivity index (χ0n) is 17.0. The first kappa shape index (κ1) is 21.8. The van der Waals surface area contributed by atoms with Gasteiger partial charge in [0.15, 0.2) is 11.0 Å². The molecule has 160 valence electrons. The fourth-order valence-corrected chi connectivity index (χ4v) is 3.85. The molecular formula is C22H18BrN7OS. The average Bonchev–Trinajstić information content (AvgIpc) is 3.27. The van der Waals surface area contributed by atoms with E-state index in [1.165, 1.54) is 11.8 Å². The molecular weight excluding hydrogens is 490 g/mol. The van der Waals surface area contributed by atoms with Crippen LogP contribution in [0.15, 0.2) is 88.0 Å². The number of nitrogens with zero attached hydrogens (tertiary/aromatic N) is 6. The highest BCUT2D eigenvalue weighted by Gasteiger charge is 2.17. The third kappa shape index (κ3) is 5.27. The van der Waals surface area contributed by atoms with Crippen LogP contribution in [0.2, 0.25) is 0 Å². The smallest absolute Gasteiger partial charge is 0.250 e. The van der Waals surface area contributed by atoms with Crippen molar-refractivity contribution in [1.29, 1.82) is 0 Å². The molecule has 10 heteroatoms. The lowest BCUT2D eigenvalue weighted by atomic mass is 10.2. The number of hydrogen-bond donors (Lipinski definition) is 1. The topological polar surface area (TPSA) is 98.0 Å². The minimum atomic E-state index is -0.237. The van der Waals surface area contributed by atoms with Crippen molar-refractivity contribution in [3.63, 3.8) is 0 Å². The van der Waals surface area contributed by atoms with Crippen LogP contribution < -0.4 is 5.43 Å². The molecule has 0 radical (unpaired) electrons. The predicted molar refractivity (Wildman–Crippen MR) is 128 cm³/mol. The Morgan fingerprint density at radius 3 is 2.34 bits per heavy atom. The molecule has 3 aromatic heterocycles. The zero-order valence-corrected chi connectivity index (χ0v) is 19.4.